The number of halogens is 1. The average molecular weight is 378 g/mol. The van der Waals surface area contributed by atoms with Gasteiger partial charge in [0.1, 0.15) is 5.82 Å². The van der Waals surface area contributed by atoms with E-state index in [1.807, 2.05) is 13.8 Å². The number of aromatic amines is 1. The van der Waals surface area contributed by atoms with E-state index < -0.39 is 11.6 Å². The lowest BCUT2D eigenvalue weighted by Gasteiger charge is -2.15. The number of rotatable bonds is 6. The molecule has 0 spiro atoms. The van der Waals surface area contributed by atoms with Crippen LogP contribution in [0.1, 0.15) is 25.1 Å². The highest BCUT2D eigenvalue weighted by molar-refractivity contribution is 6.32. The first-order valence-electron chi connectivity index (χ1n) is 7.89. The first-order chi connectivity index (χ1) is 12.3. The Morgan fingerprint density at radius 2 is 2.08 bits per heavy atom. The van der Waals surface area contributed by atoms with Gasteiger partial charge in [-0.05, 0) is 44.5 Å². The predicted molar refractivity (Wildman–Crippen MR) is 101 cm³/mol. The first-order valence-corrected chi connectivity index (χ1v) is 8.27. The van der Waals surface area contributed by atoms with Crippen molar-refractivity contribution in [2.24, 2.45) is 0 Å². The summed E-state index contributed by atoms with van der Waals surface area (Å²) >= 11 is 6.25. The number of aryl methyl sites for hydroxylation is 1. The van der Waals surface area contributed by atoms with Gasteiger partial charge in [0.05, 0.1) is 18.2 Å². The van der Waals surface area contributed by atoms with Gasteiger partial charge in [-0.2, -0.15) is 4.98 Å². The molecule has 1 aromatic heterocycles. The molecule has 26 heavy (non-hydrogen) atoms. The normalized spacial score (nSPS) is 11.0. The van der Waals surface area contributed by atoms with Crippen LogP contribution in [0, 0.1) is 6.92 Å². The number of carbonyl (C=O) groups excluding carboxylic acids is 1. The molecule has 0 aliphatic heterocycles. The molecule has 0 bridgehead atoms. The molecule has 1 aromatic carbocycles. The number of methoxy groups -OCH3 is 1. The summed E-state index contributed by atoms with van der Waals surface area (Å²) in [4.78, 5) is 29.5. The number of anilines is 1. The molecule has 138 valence electrons. The molecule has 0 atom stereocenters. The summed E-state index contributed by atoms with van der Waals surface area (Å²) in [6.45, 7) is 5.47. The molecule has 2 aromatic rings. The van der Waals surface area contributed by atoms with Crippen LogP contribution in [-0.2, 0) is 4.79 Å². The average Bonchev–Trinajstić information content (AvgIpc) is 2.53. The third-order valence-corrected chi connectivity index (χ3v) is 3.44. The molecule has 1 heterocycles. The fraction of sp³-hybridized carbons (Fsp3) is 0.278. The third kappa shape index (κ3) is 5.35. The Morgan fingerprint density at radius 3 is 2.69 bits per heavy atom. The van der Waals surface area contributed by atoms with Crippen LogP contribution >= 0.6 is 11.6 Å². The van der Waals surface area contributed by atoms with Crippen molar-refractivity contribution in [3.8, 4) is 11.5 Å². The Morgan fingerprint density at radius 1 is 1.35 bits per heavy atom. The molecular formula is C18H20ClN3O4. The van der Waals surface area contributed by atoms with Crippen molar-refractivity contribution in [3.05, 3.63) is 51.0 Å². The smallest absolute Gasteiger partial charge is 0.347 e. The summed E-state index contributed by atoms with van der Waals surface area (Å²) in [5.41, 5.74) is 0.733. The molecule has 0 aliphatic carbocycles. The molecule has 0 unspecified atom stereocenters. The molecule has 0 aliphatic rings. The summed E-state index contributed by atoms with van der Waals surface area (Å²) in [6.07, 6.45) is 2.83. The fourth-order valence-corrected chi connectivity index (χ4v) is 2.43. The van der Waals surface area contributed by atoms with Crippen LogP contribution < -0.4 is 20.5 Å². The monoisotopic (exact) mass is 377 g/mol. The van der Waals surface area contributed by atoms with Gasteiger partial charge in [0.15, 0.2) is 11.5 Å². The molecule has 8 heteroatoms. The molecule has 7 nitrogen and oxygen atoms in total. The lowest BCUT2D eigenvalue weighted by atomic mass is 10.2. The number of hydrogen-bond donors (Lipinski definition) is 2. The SMILES string of the molecule is COc1cc(C=CC(=O)Nc2cc(C)[nH]c(=O)n2)cc(Cl)c1OC(C)C. The van der Waals surface area contributed by atoms with Crippen LogP contribution in [-0.4, -0.2) is 29.1 Å². The molecule has 0 radical (unpaired) electrons. The van der Waals surface area contributed by atoms with E-state index in [0.717, 1.165) is 0 Å². The van der Waals surface area contributed by atoms with Crippen molar-refractivity contribution >= 4 is 29.4 Å². The summed E-state index contributed by atoms with van der Waals surface area (Å²) in [6, 6.07) is 4.94. The molecular weight excluding hydrogens is 358 g/mol. The number of ether oxygens (including phenoxy) is 2. The minimum Gasteiger partial charge on any atom is -0.493 e. The topological polar surface area (TPSA) is 93.3 Å². The summed E-state index contributed by atoms with van der Waals surface area (Å²) in [5, 5.41) is 2.91. The van der Waals surface area contributed by atoms with Crippen LogP contribution in [0.25, 0.3) is 6.08 Å². The summed E-state index contributed by atoms with van der Waals surface area (Å²) in [5.74, 6) is 0.671. The van der Waals surface area contributed by atoms with Crippen molar-refractivity contribution in [2.75, 3.05) is 12.4 Å². The van der Waals surface area contributed by atoms with Crippen molar-refractivity contribution in [1.82, 2.24) is 9.97 Å². The zero-order chi connectivity index (χ0) is 19.3. The van der Waals surface area contributed by atoms with Gasteiger partial charge in [-0.15, -0.1) is 0 Å². The van der Waals surface area contributed by atoms with Gasteiger partial charge in [0.25, 0.3) is 0 Å². The van der Waals surface area contributed by atoms with Gasteiger partial charge >= 0.3 is 5.69 Å². The summed E-state index contributed by atoms with van der Waals surface area (Å²) < 4.78 is 11.0. The highest BCUT2D eigenvalue weighted by atomic mass is 35.5. The van der Waals surface area contributed by atoms with Gasteiger partial charge in [-0.25, -0.2) is 4.79 Å². The molecule has 0 saturated carbocycles. The number of H-pyrrole nitrogens is 1. The Labute approximate surface area is 156 Å². The van der Waals surface area contributed by atoms with Gasteiger partial charge in [-0.3, -0.25) is 4.79 Å². The minimum absolute atomic E-state index is 0.0569. The number of benzene rings is 1. The maximum atomic E-state index is 12.0. The van der Waals surface area contributed by atoms with E-state index in [1.54, 1.807) is 31.2 Å². The highest BCUT2D eigenvalue weighted by Gasteiger charge is 2.13. The maximum Gasteiger partial charge on any atom is 0.347 e. The lowest BCUT2D eigenvalue weighted by Crippen LogP contribution is -2.17. The first kappa shape index (κ1) is 19.5. The lowest BCUT2D eigenvalue weighted by molar-refractivity contribution is -0.111. The van der Waals surface area contributed by atoms with Gasteiger partial charge in [0.2, 0.25) is 5.91 Å². The Balaban J connectivity index is 2.17. The van der Waals surface area contributed by atoms with Crippen LogP contribution in [0.3, 0.4) is 0 Å². The molecule has 2 rings (SSSR count). The Hall–Kier alpha value is -2.80. The van der Waals surface area contributed by atoms with Crippen molar-refractivity contribution in [1.29, 1.82) is 0 Å². The van der Waals surface area contributed by atoms with E-state index in [2.05, 4.69) is 15.3 Å². The van der Waals surface area contributed by atoms with Crippen molar-refractivity contribution < 1.29 is 14.3 Å². The second-order valence-corrected chi connectivity index (χ2v) is 6.19. The second-order valence-electron chi connectivity index (χ2n) is 5.78. The highest BCUT2D eigenvalue weighted by Crippen LogP contribution is 2.37. The van der Waals surface area contributed by atoms with Crippen LogP contribution in [0.4, 0.5) is 5.82 Å². The number of amides is 1. The van der Waals surface area contributed by atoms with Crippen molar-refractivity contribution in [3.63, 3.8) is 0 Å². The molecule has 0 fully saturated rings. The maximum absolute atomic E-state index is 12.0. The van der Waals surface area contributed by atoms with E-state index in [0.29, 0.717) is 27.8 Å². The van der Waals surface area contributed by atoms with Crippen LogP contribution in [0.2, 0.25) is 5.02 Å². The van der Waals surface area contributed by atoms with Crippen LogP contribution in [0.15, 0.2) is 29.1 Å². The number of nitrogens with zero attached hydrogens (tertiary/aromatic N) is 1. The quantitative estimate of drug-likeness (QED) is 0.754. The van der Waals surface area contributed by atoms with E-state index >= 15 is 0 Å². The number of nitrogens with one attached hydrogen (secondary N) is 2. The van der Waals surface area contributed by atoms with Crippen molar-refractivity contribution in [2.45, 2.75) is 26.9 Å². The standard InChI is InChI=1S/C18H20ClN3O4/c1-10(2)26-17-13(19)8-12(9-14(17)25-4)5-6-16(23)21-15-7-11(3)20-18(24)22-15/h5-10H,1-4H3,(H2,20,21,22,23,24). The van der Waals surface area contributed by atoms with E-state index in [4.69, 9.17) is 21.1 Å². The van der Waals surface area contributed by atoms with Gasteiger partial charge < -0.3 is 19.8 Å². The molecule has 0 saturated heterocycles. The molecule has 1 amide bonds. The Bertz CT molecular complexity index is 890. The van der Waals surface area contributed by atoms with Gasteiger partial charge in [0, 0.05) is 17.8 Å². The van der Waals surface area contributed by atoms with E-state index in [-0.39, 0.29) is 11.9 Å². The number of carbonyl (C=O) groups is 1. The molecule has 2 N–H and O–H groups in total. The largest absolute Gasteiger partial charge is 0.493 e. The van der Waals surface area contributed by atoms with E-state index in [9.17, 15) is 9.59 Å². The third-order valence-electron chi connectivity index (χ3n) is 3.16. The zero-order valence-corrected chi connectivity index (χ0v) is 15.7. The number of hydrogen-bond acceptors (Lipinski definition) is 5. The van der Waals surface area contributed by atoms with E-state index in [1.165, 1.54) is 13.2 Å². The second kappa shape index (κ2) is 8.53. The number of aromatic nitrogens is 2. The zero-order valence-electron chi connectivity index (χ0n) is 14.9. The Kier molecular flexibility index (Phi) is 6.41. The summed E-state index contributed by atoms with van der Waals surface area (Å²) in [7, 11) is 1.51. The fourth-order valence-electron chi connectivity index (χ4n) is 2.17. The minimum atomic E-state index is -0.526. The predicted octanol–water partition coefficient (Wildman–Crippen LogP) is 3.18. The van der Waals surface area contributed by atoms with Gasteiger partial charge in [-0.1, -0.05) is 11.6 Å². The van der Waals surface area contributed by atoms with Crippen LogP contribution in [0.5, 0.6) is 11.5 Å².